The van der Waals surface area contributed by atoms with E-state index in [9.17, 15) is 0 Å². The molecule has 0 rings (SSSR count). The van der Waals surface area contributed by atoms with Crippen molar-refractivity contribution in [3.05, 3.63) is 13.1 Å². The van der Waals surface area contributed by atoms with Crippen molar-refractivity contribution in [2.75, 3.05) is 0 Å². The van der Waals surface area contributed by atoms with Gasteiger partial charge in [-0.25, -0.2) is 0 Å². The average Bonchev–Trinajstić information content (AvgIpc) is 1.99. The van der Waals surface area contributed by atoms with Crippen LogP contribution in [0.4, 0.5) is 0 Å². The Morgan fingerprint density at radius 3 is 0.833 bits per heavy atom. The Hall–Kier alpha value is -1.40. The summed E-state index contributed by atoms with van der Waals surface area (Å²) in [5.41, 5.74) is 0. The first-order valence-electron chi connectivity index (χ1n) is 1.34. The summed E-state index contributed by atoms with van der Waals surface area (Å²) >= 11 is 0. The molecule has 2 N–H and O–H groups in total. The second-order valence-electron chi connectivity index (χ2n) is 0.200. The van der Waals surface area contributed by atoms with E-state index in [2.05, 4.69) is 0 Å². The van der Waals surface area contributed by atoms with E-state index in [0.717, 1.165) is 12.5 Å². The van der Waals surface area contributed by atoms with Crippen LogP contribution in [-0.4, -0.2) is 10.2 Å². The molecule has 0 aromatic heterocycles. The van der Waals surface area contributed by atoms with Gasteiger partial charge < -0.3 is 33.9 Å². The van der Waals surface area contributed by atoms with Gasteiger partial charge in [0.1, 0.15) is 0 Å². The summed E-state index contributed by atoms with van der Waals surface area (Å²) in [6.07, 6.45) is 1.50. The summed E-state index contributed by atoms with van der Waals surface area (Å²) in [6.45, 7) is 9.50. The number of nitriles is 2. The summed E-state index contributed by atoms with van der Waals surface area (Å²) in [5, 5.41) is 40.0. The first-order chi connectivity index (χ1) is 4.83. The number of hydrogen-bond donors (Lipinski definition) is 2. The Morgan fingerprint density at radius 1 is 0.833 bits per heavy atom. The van der Waals surface area contributed by atoms with Gasteiger partial charge in [-0.05, 0) is 0 Å². The molecule has 0 fully saturated rings. The first-order valence-corrected chi connectivity index (χ1v) is 1.34. The molecule has 0 aliphatic carbocycles. The molecule has 0 bridgehead atoms. The van der Waals surface area contributed by atoms with Crippen molar-refractivity contribution in [2.24, 2.45) is 0 Å². The molecule has 0 amide bonds. The second kappa shape index (κ2) is 1980. The van der Waals surface area contributed by atoms with Crippen LogP contribution in [0.25, 0.3) is 0 Å². The van der Waals surface area contributed by atoms with Crippen LogP contribution in [0.5, 0.6) is 0 Å². The topological polar surface area (TPSA) is 136 Å². The molecule has 72 valence electrons. The summed E-state index contributed by atoms with van der Waals surface area (Å²) < 4.78 is 0. The number of nitrogens with zero attached hydrogens (tertiary/aromatic N) is 4. The van der Waals surface area contributed by atoms with Gasteiger partial charge in [0, 0.05) is 17.1 Å². The Bertz CT molecular complexity index is 127. The van der Waals surface area contributed by atoms with Crippen molar-refractivity contribution in [3.8, 4) is 12.5 Å². The summed E-state index contributed by atoms with van der Waals surface area (Å²) in [6, 6.07) is 0. The van der Waals surface area contributed by atoms with Crippen LogP contribution in [0.1, 0.15) is 0 Å². The zero-order valence-corrected chi connectivity index (χ0v) is 7.17. The molecule has 0 unspecified atom stereocenters. The molecule has 0 aromatic carbocycles. The quantitative estimate of drug-likeness (QED) is 0.355. The smallest absolute Gasteiger partial charge is 0.512 e. The van der Waals surface area contributed by atoms with Crippen LogP contribution in [0, 0.1) is 46.7 Å². The maximum atomic E-state index is 6.88. The molecule has 0 aliphatic rings. The second-order valence-corrected chi connectivity index (χ2v) is 0.200. The molecule has 6 nitrogen and oxygen atoms in total. The Balaban J connectivity index is -0.00000000967. The van der Waals surface area contributed by atoms with E-state index in [-0.39, 0.29) is 34.1 Å². The van der Waals surface area contributed by atoms with Crippen molar-refractivity contribution < 1.29 is 44.4 Å². The fraction of sp³-hybridized carbons (Fsp3) is 0. The predicted molar refractivity (Wildman–Crippen MR) is 25.0 cm³/mol. The number of rotatable bonds is 0. The van der Waals surface area contributed by atoms with Gasteiger partial charge in [-0.1, -0.05) is 0 Å². The van der Waals surface area contributed by atoms with Crippen LogP contribution in [0.15, 0.2) is 0 Å². The Labute approximate surface area is 91.2 Å². The molecular formula is C4H2Cu2N4O2. The molecule has 0 aromatic rings. The van der Waals surface area contributed by atoms with Gasteiger partial charge in [-0.15, -0.1) is 0 Å². The normalized spacial score (nSPS) is 1.50. The van der Waals surface area contributed by atoms with E-state index in [4.69, 9.17) is 44.4 Å². The monoisotopic (exact) mass is 264 g/mol. The molecule has 0 saturated carbocycles. The van der Waals surface area contributed by atoms with Gasteiger partial charge in [0.15, 0.2) is 0 Å². The Kier molecular flexibility index (Phi) is 7610. The van der Waals surface area contributed by atoms with E-state index in [1.807, 2.05) is 0 Å². The van der Waals surface area contributed by atoms with Gasteiger partial charge in [0.25, 0.3) is 12.5 Å². The molecule has 12 heavy (non-hydrogen) atoms. The van der Waals surface area contributed by atoms with Gasteiger partial charge in [0.2, 0.25) is 0 Å². The van der Waals surface area contributed by atoms with Crippen LogP contribution in [0.3, 0.4) is 0 Å². The van der Waals surface area contributed by atoms with E-state index in [1.165, 1.54) is 0 Å². The van der Waals surface area contributed by atoms with Crippen molar-refractivity contribution >= 4 is 0 Å². The molecular weight excluding hydrogens is 263 g/mol. The van der Waals surface area contributed by atoms with Crippen LogP contribution < -0.4 is 0 Å². The minimum absolute atomic E-state index is 0. The Morgan fingerprint density at radius 2 is 0.833 bits per heavy atom. The molecule has 8 heteroatoms. The van der Waals surface area contributed by atoms with Crippen molar-refractivity contribution in [2.45, 2.75) is 0 Å². The number of aliphatic hydroxyl groups is 2. The van der Waals surface area contributed by atoms with Gasteiger partial charge >= 0.3 is 17.1 Å². The molecule has 0 atom stereocenters. The van der Waals surface area contributed by atoms with Gasteiger partial charge in [-0.3, -0.25) is 0 Å². The van der Waals surface area contributed by atoms with Gasteiger partial charge in [-0.2, -0.15) is 10.5 Å². The third-order valence-electron chi connectivity index (χ3n) is 0. The van der Waals surface area contributed by atoms with Crippen LogP contribution >= 0.6 is 0 Å². The first kappa shape index (κ1) is 46.2. The van der Waals surface area contributed by atoms with Gasteiger partial charge in [0.05, 0.1) is 0 Å². The summed E-state index contributed by atoms with van der Waals surface area (Å²) in [5.74, 6) is 0. The van der Waals surface area contributed by atoms with Crippen molar-refractivity contribution in [3.63, 3.8) is 0 Å². The zero-order valence-electron chi connectivity index (χ0n) is 5.29. The molecule has 0 spiro atoms. The SMILES string of the molecule is N#CO.N#CO.[C-]#N.[C-]#N.[Cu+2].[Cu]. The fourth-order valence-corrected chi connectivity index (χ4v) is 0. The van der Waals surface area contributed by atoms with E-state index in [0.29, 0.717) is 0 Å². The van der Waals surface area contributed by atoms with E-state index in [1.54, 1.807) is 0 Å². The summed E-state index contributed by atoms with van der Waals surface area (Å²) in [7, 11) is 0. The third-order valence-corrected chi connectivity index (χ3v) is 0. The minimum atomic E-state index is 0. The third kappa shape index (κ3) is 253. The largest absolute Gasteiger partial charge is 2.00 e. The van der Waals surface area contributed by atoms with E-state index >= 15 is 0 Å². The molecule has 0 saturated heterocycles. The van der Waals surface area contributed by atoms with Crippen LogP contribution in [0.2, 0.25) is 0 Å². The van der Waals surface area contributed by atoms with Crippen molar-refractivity contribution in [1.29, 1.82) is 21.0 Å². The molecule has 2 radical (unpaired) electrons. The molecule has 0 heterocycles. The fourth-order valence-electron chi connectivity index (χ4n) is 0. The maximum Gasteiger partial charge on any atom is 2.00 e. The summed E-state index contributed by atoms with van der Waals surface area (Å²) in [4.78, 5) is 0. The number of aliphatic hydroxyl groups excluding tert-OH is 2. The minimum Gasteiger partial charge on any atom is -0.512 e. The predicted octanol–water partition coefficient (Wildman–Crippen LogP) is -0.132. The zero-order chi connectivity index (χ0) is 9.41. The average molecular weight is 265 g/mol. The van der Waals surface area contributed by atoms with E-state index < -0.39 is 0 Å². The molecule has 0 aliphatic heterocycles. The number of hydrogen-bond acceptors (Lipinski definition) is 6. The standard InChI is InChI=1S/2CHNO.2CN.2Cu/c2*2-1-3;2*1-2;;/h2*3H;;;;/q;;2*-1;;+2. The van der Waals surface area contributed by atoms with Crippen LogP contribution in [-0.2, 0) is 34.1 Å². The maximum absolute atomic E-state index is 6.88. The van der Waals surface area contributed by atoms with Crippen molar-refractivity contribution in [1.82, 2.24) is 0 Å².